The molecule has 0 radical (unpaired) electrons. The Morgan fingerprint density at radius 1 is 1.18 bits per heavy atom. The van der Waals surface area contributed by atoms with E-state index in [1.165, 1.54) is 6.07 Å². The number of ether oxygens (including phenoxy) is 1. The van der Waals surface area contributed by atoms with Crippen molar-refractivity contribution >= 4 is 0 Å². The van der Waals surface area contributed by atoms with E-state index in [0.29, 0.717) is 17.9 Å². The first-order valence-corrected chi connectivity index (χ1v) is 5.53. The van der Waals surface area contributed by atoms with E-state index < -0.39 is 0 Å². The maximum absolute atomic E-state index is 13.2. The number of aryl methyl sites for hydroxylation is 1. The lowest BCUT2D eigenvalue weighted by atomic mass is 10.2. The summed E-state index contributed by atoms with van der Waals surface area (Å²) in [4.78, 5) is 3.94. The molecule has 0 aliphatic rings. The molecule has 1 aromatic carbocycles. The molecule has 0 atom stereocenters. The topological polar surface area (TPSA) is 22.1 Å². The third-order valence-corrected chi connectivity index (χ3v) is 2.55. The van der Waals surface area contributed by atoms with Crippen LogP contribution in [0.5, 0.6) is 5.75 Å². The van der Waals surface area contributed by atoms with Gasteiger partial charge >= 0.3 is 0 Å². The molecule has 3 heteroatoms. The second-order valence-electron chi connectivity index (χ2n) is 3.86. The van der Waals surface area contributed by atoms with E-state index in [4.69, 9.17) is 4.74 Å². The van der Waals surface area contributed by atoms with Gasteiger partial charge in [0.15, 0.2) is 0 Å². The van der Waals surface area contributed by atoms with Crippen LogP contribution in [0.4, 0.5) is 4.39 Å². The fourth-order valence-electron chi connectivity index (χ4n) is 1.50. The summed E-state index contributed by atoms with van der Waals surface area (Å²) in [6.45, 7) is 2.27. The molecule has 17 heavy (non-hydrogen) atoms. The molecular formula is C14H14FNO. The molecule has 0 bridgehead atoms. The number of pyridine rings is 1. The van der Waals surface area contributed by atoms with E-state index in [2.05, 4.69) is 4.98 Å². The highest BCUT2D eigenvalue weighted by molar-refractivity contribution is 5.28. The van der Waals surface area contributed by atoms with E-state index >= 15 is 0 Å². The molecule has 2 rings (SSSR count). The normalized spacial score (nSPS) is 10.2. The highest BCUT2D eigenvalue weighted by Crippen LogP contribution is 2.16. The number of hydrogen-bond donors (Lipinski definition) is 0. The van der Waals surface area contributed by atoms with Crippen molar-refractivity contribution in [1.29, 1.82) is 0 Å². The second-order valence-corrected chi connectivity index (χ2v) is 3.86. The Morgan fingerprint density at radius 3 is 2.65 bits per heavy atom. The van der Waals surface area contributed by atoms with Gasteiger partial charge in [-0.25, -0.2) is 4.39 Å². The number of halogens is 1. The fourth-order valence-corrected chi connectivity index (χ4v) is 1.50. The maximum atomic E-state index is 13.2. The van der Waals surface area contributed by atoms with Gasteiger partial charge in [0.1, 0.15) is 11.6 Å². The van der Waals surface area contributed by atoms with Crippen molar-refractivity contribution in [3.63, 3.8) is 0 Å². The molecule has 0 aliphatic carbocycles. The van der Waals surface area contributed by atoms with E-state index in [-0.39, 0.29) is 5.82 Å². The van der Waals surface area contributed by atoms with E-state index in [1.807, 2.05) is 12.1 Å². The zero-order valence-corrected chi connectivity index (χ0v) is 9.69. The molecule has 1 heterocycles. The van der Waals surface area contributed by atoms with Gasteiger partial charge < -0.3 is 4.74 Å². The van der Waals surface area contributed by atoms with Crippen LogP contribution in [0.1, 0.15) is 11.1 Å². The van der Waals surface area contributed by atoms with Gasteiger partial charge in [-0.2, -0.15) is 0 Å². The average Bonchev–Trinajstić information content (AvgIpc) is 2.35. The lowest BCUT2D eigenvalue weighted by Crippen LogP contribution is -2.01. The number of aromatic nitrogens is 1. The van der Waals surface area contributed by atoms with Gasteiger partial charge in [-0.1, -0.05) is 6.07 Å². The van der Waals surface area contributed by atoms with E-state index in [1.54, 1.807) is 31.5 Å². The smallest absolute Gasteiger partial charge is 0.129 e. The summed E-state index contributed by atoms with van der Waals surface area (Å²) >= 11 is 0. The molecule has 0 saturated carbocycles. The van der Waals surface area contributed by atoms with Gasteiger partial charge in [-0.3, -0.25) is 4.98 Å². The zero-order chi connectivity index (χ0) is 12.1. The fraction of sp³-hybridized carbons (Fsp3) is 0.214. The summed E-state index contributed by atoms with van der Waals surface area (Å²) in [5, 5.41) is 0. The van der Waals surface area contributed by atoms with Gasteiger partial charge in [0.2, 0.25) is 0 Å². The highest BCUT2D eigenvalue weighted by atomic mass is 19.1. The minimum atomic E-state index is -0.230. The van der Waals surface area contributed by atoms with Crippen molar-refractivity contribution in [2.45, 2.75) is 13.3 Å². The van der Waals surface area contributed by atoms with Gasteiger partial charge in [-0.05, 0) is 36.2 Å². The van der Waals surface area contributed by atoms with Gasteiger partial charge in [0, 0.05) is 24.9 Å². The van der Waals surface area contributed by atoms with E-state index in [9.17, 15) is 4.39 Å². The minimum Gasteiger partial charge on any atom is -0.493 e. The third kappa shape index (κ3) is 3.28. The average molecular weight is 231 g/mol. The van der Waals surface area contributed by atoms with Crippen LogP contribution >= 0.6 is 0 Å². The summed E-state index contributed by atoms with van der Waals surface area (Å²) < 4.78 is 18.7. The molecule has 1 aromatic heterocycles. The molecular weight excluding hydrogens is 217 g/mol. The Labute approximate surface area is 100 Å². The highest BCUT2D eigenvalue weighted by Gasteiger charge is 2.00. The summed E-state index contributed by atoms with van der Waals surface area (Å²) in [6, 6.07) is 8.81. The van der Waals surface area contributed by atoms with Crippen LogP contribution < -0.4 is 4.74 Å². The third-order valence-electron chi connectivity index (χ3n) is 2.55. The first-order chi connectivity index (χ1) is 8.25. The van der Waals surface area contributed by atoms with Crippen molar-refractivity contribution < 1.29 is 9.13 Å². The van der Waals surface area contributed by atoms with Crippen LogP contribution in [-0.2, 0) is 6.42 Å². The van der Waals surface area contributed by atoms with Crippen molar-refractivity contribution in [1.82, 2.24) is 4.98 Å². The molecule has 0 saturated heterocycles. The number of rotatable bonds is 4. The molecule has 88 valence electrons. The summed E-state index contributed by atoms with van der Waals surface area (Å²) in [5.41, 5.74) is 1.79. The van der Waals surface area contributed by atoms with Crippen LogP contribution in [0.3, 0.4) is 0 Å². The number of nitrogens with zero attached hydrogens (tertiary/aromatic N) is 1. The zero-order valence-electron chi connectivity index (χ0n) is 9.69. The Balaban J connectivity index is 1.88. The molecule has 2 nitrogen and oxygen atoms in total. The molecule has 2 aromatic rings. The summed E-state index contributed by atoms with van der Waals surface area (Å²) in [7, 11) is 0. The molecule has 0 amide bonds. The monoisotopic (exact) mass is 231 g/mol. The quantitative estimate of drug-likeness (QED) is 0.806. The summed E-state index contributed by atoms with van der Waals surface area (Å²) in [5.74, 6) is 0.341. The van der Waals surface area contributed by atoms with Crippen LogP contribution in [0.15, 0.2) is 42.7 Å². The van der Waals surface area contributed by atoms with Crippen LogP contribution in [-0.4, -0.2) is 11.6 Å². The standard InChI is InChI=1S/C14H14FNO/c1-11-2-3-13(10-14(11)15)17-9-6-12-4-7-16-8-5-12/h2-5,7-8,10H,6,9H2,1H3. The predicted molar refractivity (Wildman–Crippen MR) is 64.6 cm³/mol. The molecule has 0 N–H and O–H groups in total. The van der Waals surface area contributed by atoms with Crippen LogP contribution in [0.2, 0.25) is 0 Å². The Bertz CT molecular complexity index is 485. The summed E-state index contributed by atoms with van der Waals surface area (Å²) in [6.07, 6.45) is 4.29. The number of benzene rings is 1. The van der Waals surface area contributed by atoms with Crippen molar-refractivity contribution in [3.8, 4) is 5.75 Å². The SMILES string of the molecule is Cc1ccc(OCCc2ccncc2)cc1F. The Kier molecular flexibility index (Phi) is 3.70. The molecule has 0 unspecified atom stereocenters. The predicted octanol–water partition coefficient (Wildman–Crippen LogP) is 3.15. The van der Waals surface area contributed by atoms with Crippen molar-refractivity contribution in [3.05, 3.63) is 59.7 Å². The van der Waals surface area contributed by atoms with Crippen LogP contribution in [0.25, 0.3) is 0 Å². The van der Waals surface area contributed by atoms with Crippen LogP contribution in [0, 0.1) is 12.7 Å². The lowest BCUT2D eigenvalue weighted by molar-refractivity contribution is 0.320. The molecule has 0 spiro atoms. The van der Waals surface area contributed by atoms with Gasteiger partial charge in [0.05, 0.1) is 6.61 Å². The molecule has 0 aliphatic heterocycles. The lowest BCUT2D eigenvalue weighted by Gasteiger charge is -2.07. The first-order valence-electron chi connectivity index (χ1n) is 5.53. The number of hydrogen-bond acceptors (Lipinski definition) is 2. The Hall–Kier alpha value is -1.90. The first kappa shape index (κ1) is 11.6. The van der Waals surface area contributed by atoms with Crippen molar-refractivity contribution in [2.24, 2.45) is 0 Å². The van der Waals surface area contributed by atoms with E-state index in [0.717, 1.165) is 12.0 Å². The second kappa shape index (κ2) is 5.43. The largest absolute Gasteiger partial charge is 0.493 e. The van der Waals surface area contributed by atoms with Gasteiger partial charge in [0.25, 0.3) is 0 Å². The maximum Gasteiger partial charge on any atom is 0.129 e. The van der Waals surface area contributed by atoms with Gasteiger partial charge in [-0.15, -0.1) is 0 Å². The Morgan fingerprint density at radius 2 is 1.94 bits per heavy atom. The van der Waals surface area contributed by atoms with Crippen molar-refractivity contribution in [2.75, 3.05) is 6.61 Å². The molecule has 0 fully saturated rings. The minimum absolute atomic E-state index is 0.230.